The van der Waals surface area contributed by atoms with Crippen LogP contribution in [-0.2, 0) is 13.0 Å². The number of nitriles is 1. The van der Waals surface area contributed by atoms with Gasteiger partial charge in [-0.2, -0.15) is 5.26 Å². The number of aromatic nitrogens is 1. The molecule has 0 saturated carbocycles. The molecular weight excluding hydrogens is 396 g/mol. The second kappa shape index (κ2) is 8.45. The summed E-state index contributed by atoms with van der Waals surface area (Å²) < 4.78 is 0. The molecule has 150 valence electrons. The first kappa shape index (κ1) is 19.8. The predicted octanol–water partition coefficient (Wildman–Crippen LogP) is 1.80. The van der Waals surface area contributed by atoms with Crippen LogP contribution in [0.1, 0.15) is 31.5 Å². The molecule has 1 aromatic heterocycles. The molecule has 0 fully saturated rings. The van der Waals surface area contributed by atoms with E-state index in [1.807, 2.05) is 37.4 Å². The SMILES string of the molecule is CNc1cccc(-c2cccc(NC(=O)c3nc4c(s3)CNCC4)c2C#N)c1C=[NH2+]. The molecule has 4 rings (SSSR count). The van der Waals surface area contributed by atoms with Crippen molar-refractivity contribution in [2.24, 2.45) is 0 Å². The standard InChI is InChI=1S/C22H20N6OS/c1-25-17-6-2-4-13(15(17)10-23)14-5-3-7-18(16(14)11-24)27-21(29)22-28-19-8-9-26-12-20(19)30-22/h2-7,10,23,25-26H,8-9,12H2,1H3,(H,27,29)/p+1. The van der Waals surface area contributed by atoms with E-state index >= 15 is 0 Å². The summed E-state index contributed by atoms with van der Waals surface area (Å²) in [6.07, 6.45) is 2.33. The molecule has 5 N–H and O–H groups in total. The maximum atomic E-state index is 12.8. The van der Waals surface area contributed by atoms with Crippen LogP contribution in [0.15, 0.2) is 36.4 Å². The van der Waals surface area contributed by atoms with Gasteiger partial charge in [-0.25, -0.2) is 4.98 Å². The number of carbonyl (C=O) groups excluding carboxylic acids is 1. The van der Waals surface area contributed by atoms with E-state index in [9.17, 15) is 10.1 Å². The van der Waals surface area contributed by atoms with Gasteiger partial charge in [-0.05, 0) is 17.7 Å². The molecule has 3 aromatic rings. The van der Waals surface area contributed by atoms with Gasteiger partial charge in [0.15, 0.2) is 11.2 Å². The molecule has 0 bridgehead atoms. The van der Waals surface area contributed by atoms with Gasteiger partial charge in [0, 0.05) is 42.7 Å². The minimum Gasteiger partial charge on any atom is -0.387 e. The van der Waals surface area contributed by atoms with Crippen molar-refractivity contribution in [2.75, 3.05) is 24.2 Å². The quantitative estimate of drug-likeness (QED) is 0.473. The number of anilines is 2. The minimum absolute atomic E-state index is 0.308. The van der Waals surface area contributed by atoms with Crippen molar-refractivity contribution < 1.29 is 10.2 Å². The van der Waals surface area contributed by atoms with Crippen molar-refractivity contribution in [3.05, 3.63) is 63.1 Å². The van der Waals surface area contributed by atoms with E-state index in [1.165, 1.54) is 17.6 Å². The molecule has 0 atom stereocenters. The summed E-state index contributed by atoms with van der Waals surface area (Å²) in [5, 5.41) is 25.4. The summed E-state index contributed by atoms with van der Waals surface area (Å²) in [6.45, 7) is 1.60. The predicted molar refractivity (Wildman–Crippen MR) is 119 cm³/mol. The van der Waals surface area contributed by atoms with E-state index in [-0.39, 0.29) is 5.91 Å². The highest BCUT2D eigenvalue weighted by molar-refractivity contribution is 7.13. The molecule has 0 radical (unpaired) electrons. The van der Waals surface area contributed by atoms with E-state index in [2.05, 4.69) is 27.0 Å². The number of nitrogens with two attached hydrogens (primary N) is 1. The molecule has 0 aliphatic carbocycles. The number of amides is 1. The number of benzene rings is 2. The highest BCUT2D eigenvalue weighted by atomic mass is 32.1. The Morgan fingerprint density at radius 2 is 2.03 bits per heavy atom. The van der Waals surface area contributed by atoms with Crippen LogP contribution >= 0.6 is 11.3 Å². The monoisotopic (exact) mass is 417 g/mol. The van der Waals surface area contributed by atoms with Crippen LogP contribution in [0.4, 0.5) is 11.4 Å². The van der Waals surface area contributed by atoms with Crippen LogP contribution in [-0.4, -0.2) is 30.7 Å². The van der Waals surface area contributed by atoms with Crippen LogP contribution in [0.5, 0.6) is 0 Å². The smallest absolute Gasteiger partial charge is 0.284 e. The third kappa shape index (κ3) is 3.56. The first-order valence-electron chi connectivity index (χ1n) is 9.56. The van der Waals surface area contributed by atoms with Gasteiger partial charge >= 0.3 is 0 Å². The van der Waals surface area contributed by atoms with E-state index in [4.69, 9.17) is 5.41 Å². The summed E-state index contributed by atoms with van der Waals surface area (Å²) in [5.74, 6) is -0.308. The summed E-state index contributed by atoms with van der Waals surface area (Å²) in [4.78, 5) is 18.4. The molecule has 2 heterocycles. The Hall–Kier alpha value is -3.54. The molecule has 1 amide bonds. The molecule has 0 spiro atoms. The van der Waals surface area contributed by atoms with Crippen LogP contribution in [0.25, 0.3) is 11.1 Å². The Bertz CT molecular complexity index is 1150. The van der Waals surface area contributed by atoms with Gasteiger partial charge in [0.25, 0.3) is 5.91 Å². The number of fused-ring (bicyclic) bond motifs is 1. The fraction of sp³-hybridized carbons (Fsp3) is 0.182. The van der Waals surface area contributed by atoms with Gasteiger partial charge in [0.05, 0.1) is 22.5 Å². The summed E-state index contributed by atoms with van der Waals surface area (Å²) in [7, 11) is 1.82. The van der Waals surface area contributed by atoms with Crippen LogP contribution in [0.3, 0.4) is 0 Å². The molecule has 2 aromatic carbocycles. The average Bonchev–Trinajstić information content (AvgIpc) is 3.22. The van der Waals surface area contributed by atoms with Crippen molar-refractivity contribution in [1.82, 2.24) is 10.3 Å². The molecule has 1 aliphatic heterocycles. The topological polar surface area (TPSA) is 115 Å². The van der Waals surface area contributed by atoms with E-state index in [0.717, 1.165) is 46.9 Å². The van der Waals surface area contributed by atoms with Crippen molar-refractivity contribution >= 4 is 34.8 Å². The molecular formula is C22H21N6OS+. The van der Waals surface area contributed by atoms with Crippen molar-refractivity contribution in [3.8, 4) is 17.2 Å². The van der Waals surface area contributed by atoms with Gasteiger partial charge in [-0.1, -0.05) is 24.3 Å². The number of hydrogen-bond acceptors (Lipinski definition) is 6. The van der Waals surface area contributed by atoms with E-state index in [1.54, 1.807) is 6.07 Å². The molecule has 7 nitrogen and oxygen atoms in total. The zero-order valence-electron chi connectivity index (χ0n) is 16.5. The number of nitrogens with zero attached hydrogens (tertiary/aromatic N) is 2. The largest absolute Gasteiger partial charge is 0.387 e. The highest BCUT2D eigenvalue weighted by Crippen LogP contribution is 2.33. The minimum atomic E-state index is -0.308. The lowest BCUT2D eigenvalue weighted by Gasteiger charge is -2.13. The normalized spacial score (nSPS) is 12.5. The Kier molecular flexibility index (Phi) is 5.57. The lowest BCUT2D eigenvalue weighted by molar-refractivity contribution is -0.104. The van der Waals surface area contributed by atoms with E-state index in [0.29, 0.717) is 21.8 Å². The Morgan fingerprint density at radius 3 is 2.73 bits per heavy atom. The van der Waals surface area contributed by atoms with Gasteiger partial charge in [-0.15, -0.1) is 11.3 Å². The number of hydrogen-bond donors (Lipinski definition) is 4. The van der Waals surface area contributed by atoms with Crippen molar-refractivity contribution in [2.45, 2.75) is 13.0 Å². The molecule has 30 heavy (non-hydrogen) atoms. The first-order valence-corrected chi connectivity index (χ1v) is 10.4. The molecule has 0 saturated heterocycles. The maximum Gasteiger partial charge on any atom is 0.284 e. The number of nitrogens with one attached hydrogen (secondary N) is 3. The maximum absolute atomic E-state index is 12.8. The lowest BCUT2D eigenvalue weighted by Crippen LogP contribution is -2.30. The Balaban J connectivity index is 1.71. The zero-order valence-corrected chi connectivity index (χ0v) is 17.3. The summed E-state index contributed by atoms with van der Waals surface area (Å²) >= 11 is 1.39. The fourth-order valence-electron chi connectivity index (χ4n) is 3.60. The third-order valence-electron chi connectivity index (χ3n) is 5.05. The van der Waals surface area contributed by atoms with Crippen LogP contribution in [0.2, 0.25) is 0 Å². The third-order valence-corrected chi connectivity index (χ3v) is 6.15. The molecule has 0 unspecified atom stereocenters. The number of rotatable bonds is 5. The highest BCUT2D eigenvalue weighted by Gasteiger charge is 2.21. The van der Waals surface area contributed by atoms with Crippen molar-refractivity contribution in [3.63, 3.8) is 0 Å². The van der Waals surface area contributed by atoms with Gasteiger partial charge in [0.2, 0.25) is 0 Å². The number of carbonyl (C=O) groups is 1. The zero-order chi connectivity index (χ0) is 21.1. The molecule has 1 aliphatic rings. The van der Waals surface area contributed by atoms with Gasteiger partial charge in [-0.3, -0.25) is 10.2 Å². The lowest BCUT2D eigenvalue weighted by atomic mass is 9.94. The second-order valence-electron chi connectivity index (χ2n) is 6.79. The van der Waals surface area contributed by atoms with Crippen LogP contribution in [0, 0.1) is 11.3 Å². The Labute approximate surface area is 178 Å². The summed E-state index contributed by atoms with van der Waals surface area (Å²) in [5.41, 5.74) is 4.97. The van der Waals surface area contributed by atoms with Gasteiger partial charge < -0.3 is 16.0 Å². The summed E-state index contributed by atoms with van der Waals surface area (Å²) in [6, 6.07) is 13.3. The van der Waals surface area contributed by atoms with Gasteiger partial charge in [0.1, 0.15) is 6.07 Å². The fourth-order valence-corrected chi connectivity index (χ4v) is 4.57. The Morgan fingerprint density at radius 1 is 1.27 bits per heavy atom. The molecule has 8 heteroatoms. The van der Waals surface area contributed by atoms with Crippen LogP contribution < -0.4 is 21.4 Å². The van der Waals surface area contributed by atoms with E-state index < -0.39 is 0 Å². The first-order chi connectivity index (χ1) is 14.7. The van der Waals surface area contributed by atoms with Crippen molar-refractivity contribution in [1.29, 1.82) is 5.26 Å². The average molecular weight is 418 g/mol. The number of thiazole rings is 1. The second-order valence-corrected chi connectivity index (χ2v) is 7.88.